The standard InChI is InChI=1S/C17H14N4O6/c22-16-14-8-2-3-9(11-6-10(8)11)15(14)17(23)19(16)18-12-4-1-7(20(24)25)5-13(12)21(26)27/h1-5,8-11,14-15,18H,6H2/t8-,9-,10-,11-,14+,15+/m0/s1. The SMILES string of the molecule is O=C1[C@@H]2[C@H]3C=C[C@@H]([C@@H]4C[C@@H]34)[C@H]2C(=O)N1Nc1ccc([N+](=O)[O-])cc1[N+](=O)[O-]. The number of nitrogens with one attached hydrogen (secondary N) is 1. The lowest BCUT2D eigenvalue weighted by Crippen LogP contribution is -2.40. The first kappa shape index (κ1) is 15.9. The zero-order valence-corrected chi connectivity index (χ0v) is 13.8. The molecule has 1 heterocycles. The fraction of sp³-hybridized carbons (Fsp3) is 0.412. The van der Waals surface area contributed by atoms with E-state index in [-0.39, 0.29) is 29.3 Å². The lowest BCUT2D eigenvalue weighted by molar-refractivity contribution is -0.393. The topological polar surface area (TPSA) is 136 Å². The van der Waals surface area contributed by atoms with E-state index in [0.717, 1.165) is 29.6 Å². The van der Waals surface area contributed by atoms with Crippen molar-refractivity contribution in [2.75, 3.05) is 5.43 Å². The van der Waals surface area contributed by atoms with Crippen LogP contribution in [0.5, 0.6) is 0 Å². The van der Waals surface area contributed by atoms with E-state index in [9.17, 15) is 29.8 Å². The molecule has 10 nitrogen and oxygen atoms in total. The molecule has 0 radical (unpaired) electrons. The Balaban J connectivity index is 1.47. The molecule has 1 saturated heterocycles. The average molecular weight is 370 g/mol. The molecular weight excluding hydrogens is 356 g/mol. The number of hydrogen-bond donors (Lipinski definition) is 1. The van der Waals surface area contributed by atoms with E-state index in [1.807, 2.05) is 12.2 Å². The number of hydrazine groups is 1. The second-order valence-electron chi connectivity index (χ2n) is 7.49. The zero-order valence-electron chi connectivity index (χ0n) is 13.8. The van der Waals surface area contributed by atoms with Crippen molar-refractivity contribution in [1.82, 2.24) is 5.01 Å². The van der Waals surface area contributed by atoms with Crippen LogP contribution in [-0.4, -0.2) is 26.7 Å². The van der Waals surface area contributed by atoms with Crippen molar-refractivity contribution < 1.29 is 19.4 Å². The Morgan fingerprint density at radius 2 is 1.56 bits per heavy atom. The Kier molecular flexibility index (Phi) is 3.02. The first-order chi connectivity index (χ1) is 12.9. The maximum absolute atomic E-state index is 12.9. The van der Waals surface area contributed by atoms with Crippen molar-refractivity contribution in [3.8, 4) is 0 Å². The monoisotopic (exact) mass is 370 g/mol. The average Bonchev–Trinajstić information content (AvgIpc) is 3.42. The summed E-state index contributed by atoms with van der Waals surface area (Å²) in [7, 11) is 0. The van der Waals surface area contributed by atoms with Gasteiger partial charge in [0.05, 0.1) is 27.7 Å². The molecule has 1 aromatic carbocycles. The van der Waals surface area contributed by atoms with E-state index in [2.05, 4.69) is 5.43 Å². The minimum Gasteiger partial charge on any atom is -0.282 e. The number of amides is 2. The first-order valence-electron chi connectivity index (χ1n) is 8.64. The minimum atomic E-state index is -0.784. The Morgan fingerprint density at radius 1 is 0.963 bits per heavy atom. The van der Waals surface area contributed by atoms with E-state index in [4.69, 9.17) is 0 Å². The van der Waals surface area contributed by atoms with Gasteiger partial charge in [0.25, 0.3) is 17.5 Å². The zero-order chi connectivity index (χ0) is 19.0. The highest BCUT2D eigenvalue weighted by molar-refractivity contribution is 6.07. The Bertz CT molecular complexity index is 923. The van der Waals surface area contributed by atoms with Crippen LogP contribution < -0.4 is 5.43 Å². The second kappa shape index (κ2) is 5.12. The predicted octanol–water partition coefficient (Wildman–Crippen LogP) is 1.88. The molecule has 10 heteroatoms. The van der Waals surface area contributed by atoms with Crippen LogP contribution in [0.15, 0.2) is 30.4 Å². The van der Waals surface area contributed by atoms with Crippen molar-refractivity contribution in [1.29, 1.82) is 0 Å². The van der Waals surface area contributed by atoms with Gasteiger partial charge < -0.3 is 0 Å². The number of hydrogen-bond acceptors (Lipinski definition) is 7. The number of nitro benzene ring substituents is 2. The van der Waals surface area contributed by atoms with Crippen molar-refractivity contribution in [3.63, 3.8) is 0 Å². The predicted molar refractivity (Wildman–Crippen MR) is 89.9 cm³/mol. The van der Waals surface area contributed by atoms with Gasteiger partial charge in [0.1, 0.15) is 5.69 Å². The van der Waals surface area contributed by atoms with Crippen LogP contribution in [0.2, 0.25) is 0 Å². The van der Waals surface area contributed by atoms with Gasteiger partial charge in [0.15, 0.2) is 0 Å². The van der Waals surface area contributed by atoms with Crippen LogP contribution >= 0.6 is 0 Å². The Labute approximate surface area is 152 Å². The third kappa shape index (κ3) is 2.06. The quantitative estimate of drug-likeness (QED) is 0.370. The largest absolute Gasteiger partial charge is 0.300 e. The maximum atomic E-state index is 12.9. The third-order valence-corrected chi connectivity index (χ3v) is 6.28. The molecule has 138 valence electrons. The molecule has 2 amide bonds. The molecule has 0 unspecified atom stereocenters. The molecule has 1 aliphatic heterocycles. The minimum absolute atomic E-state index is 0.0418. The van der Waals surface area contributed by atoms with Gasteiger partial charge in [-0.25, -0.2) is 0 Å². The number of nitrogens with zero attached hydrogens (tertiary/aromatic N) is 3. The van der Waals surface area contributed by atoms with Crippen LogP contribution in [0.1, 0.15) is 6.42 Å². The summed E-state index contributed by atoms with van der Waals surface area (Å²) in [6.45, 7) is 0. The number of benzene rings is 1. The van der Waals surface area contributed by atoms with Gasteiger partial charge in [0.2, 0.25) is 0 Å². The summed E-state index contributed by atoms with van der Waals surface area (Å²) in [5.74, 6) is -0.648. The van der Waals surface area contributed by atoms with Crippen molar-refractivity contribution in [2.24, 2.45) is 35.5 Å². The van der Waals surface area contributed by atoms with Crippen molar-refractivity contribution in [3.05, 3.63) is 50.6 Å². The van der Waals surface area contributed by atoms with Crippen LogP contribution in [0, 0.1) is 55.7 Å². The van der Waals surface area contributed by atoms with E-state index >= 15 is 0 Å². The normalized spacial score (nSPS) is 35.0. The number of carbonyl (C=O) groups excluding carboxylic acids is 2. The summed E-state index contributed by atoms with van der Waals surface area (Å²) in [5, 5.41) is 23.0. The molecule has 0 aromatic heterocycles. The van der Waals surface area contributed by atoms with Gasteiger partial charge in [-0.1, -0.05) is 12.2 Å². The van der Waals surface area contributed by atoms with Crippen LogP contribution in [0.25, 0.3) is 0 Å². The number of allylic oxidation sites excluding steroid dienone is 2. The second-order valence-corrected chi connectivity index (χ2v) is 7.49. The highest BCUT2D eigenvalue weighted by atomic mass is 16.6. The van der Waals surface area contributed by atoms with Gasteiger partial charge in [-0.05, 0) is 36.2 Å². The third-order valence-electron chi connectivity index (χ3n) is 6.28. The fourth-order valence-electron chi connectivity index (χ4n) is 5.07. The van der Waals surface area contributed by atoms with Gasteiger partial charge in [-0.2, -0.15) is 5.01 Å². The molecular formula is C17H14N4O6. The van der Waals surface area contributed by atoms with Crippen molar-refractivity contribution >= 4 is 28.9 Å². The van der Waals surface area contributed by atoms with Gasteiger partial charge in [-0.15, -0.1) is 0 Å². The summed E-state index contributed by atoms with van der Waals surface area (Å²) >= 11 is 0. The number of imide groups is 1. The van der Waals surface area contributed by atoms with E-state index < -0.39 is 33.1 Å². The van der Waals surface area contributed by atoms with E-state index in [1.54, 1.807) is 0 Å². The number of anilines is 1. The van der Waals surface area contributed by atoms with Crippen molar-refractivity contribution in [2.45, 2.75) is 6.42 Å². The lowest BCUT2D eigenvalue weighted by Gasteiger charge is -2.37. The smallest absolute Gasteiger partial charge is 0.282 e. The summed E-state index contributed by atoms with van der Waals surface area (Å²) in [6.07, 6.45) is 5.10. The lowest BCUT2D eigenvalue weighted by atomic mass is 9.63. The Morgan fingerprint density at radius 3 is 2.07 bits per heavy atom. The Hall–Kier alpha value is -3.30. The number of non-ortho nitro benzene ring substituents is 1. The number of nitro groups is 2. The molecule has 0 spiro atoms. The summed E-state index contributed by atoms with van der Waals surface area (Å²) in [4.78, 5) is 46.4. The van der Waals surface area contributed by atoms with Crippen LogP contribution in [0.3, 0.4) is 0 Å². The highest BCUT2D eigenvalue weighted by Gasteiger charge is 2.67. The molecule has 6 atom stereocenters. The first-order valence-corrected chi connectivity index (χ1v) is 8.64. The molecule has 1 N–H and O–H groups in total. The van der Waals surface area contributed by atoms with Gasteiger partial charge in [-0.3, -0.25) is 35.2 Å². The number of carbonyl (C=O) groups is 2. The van der Waals surface area contributed by atoms with E-state index in [0.29, 0.717) is 11.8 Å². The molecule has 1 aromatic rings. The highest BCUT2D eigenvalue weighted by Crippen LogP contribution is 2.65. The van der Waals surface area contributed by atoms with E-state index in [1.165, 1.54) is 0 Å². The van der Waals surface area contributed by atoms with Crippen LogP contribution in [0.4, 0.5) is 17.1 Å². The fourth-order valence-corrected chi connectivity index (χ4v) is 5.07. The van der Waals surface area contributed by atoms with Gasteiger partial charge >= 0.3 is 5.69 Å². The molecule has 2 bridgehead atoms. The summed E-state index contributed by atoms with van der Waals surface area (Å²) < 4.78 is 0. The van der Waals surface area contributed by atoms with Crippen LogP contribution in [-0.2, 0) is 9.59 Å². The summed E-state index contributed by atoms with van der Waals surface area (Å²) in [5.41, 5.74) is 1.42. The molecule has 2 saturated carbocycles. The molecule has 5 aliphatic rings. The summed E-state index contributed by atoms with van der Waals surface area (Å²) in [6, 6.07) is 3.04. The maximum Gasteiger partial charge on any atom is 0.300 e. The number of rotatable bonds is 4. The molecule has 3 fully saturated rings. The van der Waals surface area contributed by atoms with Gasteiger partial charge in [0, 0.05) is 6.07 Å². The molecule has 6 rings (SSSR count). The molecule has 27 heavy (non-hydrogen) atoms. The molecule has 4 aliphatic carbocycles.